The molecule has 3 aliphatic rings. The molecule has 0 aliphatic carbocycles. The van der Waals surface area contributed by atoms with Gasteiger partial charge in [0, 0.05) is 51.0 Å². The first-order valence-electron chi connectivity index (χ1n) is 10.9. The van der Waals surface area contributed by atoms with Gasteiger partial charge in [0.2, 0.25) is 5.91 Å². The Morgan fingerprint density at radius 3 is 2.25 bits per heavy atom. The molecule has 1 aromatic rings. The second-order valence-corrected chi connectivity index (χ2v) is 7.88. The van der Waals surface area contributed by atoms with Gasteiger partial charge in [0.1, 0.15) is 13.2 Å². The van der Waals surface area contributed by atoms with Crippen molar-refractivity contribution in [1.29, 1.82) is 0 Å². The zero-order valence-corrected chi connectivity index (χ0v) is 18.2. The normalized spacial score (nSPS) is 19.8. The van der Waals surface area contributed by atoms with Gasteiger partial charge in [-0.3, -0.25) is 15.0 Å². The Hall–Kier alpha value is -3.05. The third-order valence-corrected chi connectivity index (χ3v) is 5.83. The van der Waals surface area contributed by atoms with Crippen molar-refractivity contribution in [2.45, 2.75) is 13.0 Å². The Morgan fingerprint density at radius 1 is 0.875 bits per heavy atom. The van der Waals surface area contributed by atoms with Gasteiger partial charge in [0.05, 0.1) is 19.3 Å². The molecule has 2 saturated heterocycles. The molecule has 3 heterocycles. The molecule has 0 saturated carbocycles. The quantitative estimate of drug-likeness (QED) is 0.696. The number of carbonyl (C=O) groups excluding carboxylic acids is 3. The molecular weight excluding hydrogens is 418 g/mol. The maximum atomic E-state index is 12.6. The van der Waals surface area contributed by atoms with Crippen LogP contribution in [0.1, 0.15) is 6.92 Å². The van der Waals surface area contributed by atoms with E-state index >= 15 is 0 Å². The number of urea groups is 2. The van der Waals surface area contributed by atoms with Crippen molar-refractivity contribution >= 4 is 23.7 Å². The summed E-state index contributed by atoms with van der Waals surface area (Å²) in [5, 5.41) is 5.03. The van der Waals surface area contributed by atoms with E-state index in [0.717, 1.165) is 0 Å². The van der Waals surface area contributed by atoms with Crippen LogP contribution in [-0.4, -0.2) is 104 Å². The summed E-state index contributed by atoms with van der Waals surface area (Å²) in [5.74, 6) is 0.782. The van der Waals surface area contributed by atoms with Crippen LogP contribution >= 0.6 is 0 Å². The number of ether oxygens (including phenoxy) is 3. The van der Waals surface area contributed by atoms with Crippen LogP contribution in [-0.2, 0) is 9.53 Å². The topological polar surface area (TPSA) is 113 Å². The number of benzene rings is 1. The number of hydrogen-bond acceptors (Lipinski definition) is 7. The summed E-state index contributed by atoms with van der Waals surface area (Å²) in [4.78, 5) is 43.0. The van der Waals surface area contributed by atoms with Crippen LogP contribution in [0.3, 0.4) is 0 Å². The lowest BCUT2D eigenvalue weighted by Crippen LogP contribution is -2.58. The van der Waals surface area contributed by atoms with E-state index in [9.17, 15) is 14.4 Å². The van der Waals surface area contributed by atoms with Crippen molar-refractivity contribution in [2.24, 2.45) is 0 Å². The molecule has 2 fully saturated rings. The molecule has 1 aromatic carbocycles. The Bertz CT molecular complexity index is 851. The molecular formula is C21H29N5O6. The van der Waals surface area contributed by atoms with E-state index < -0.39 is 18.0 Å². The van der Waals surface area contributed by atoms with Gasteiger partial charge in [0.25, 0.3) is 0 Å². The molecule has 174 valence electrons. The van der Waals surface area contributed by atoms with Gasteiger partial charge in [-0.15, -0.1) is 0 Å². The summed E-state index contributed by atoms with van der Waals surface area (Å²) in [6.07, 6.45) is 0. The second-order valence-electron chi connectivity index (χ2n) is 7.88. The minimum Gasteiger partial charge on any atom is -0.486 e. The molecule has 0 unspecified atom stereocenters. The predicted octanol–water partition coefficient (Wildman–Crippen LogP) is 0.564. The SMILES string of the molecule is C[C@@H](C(=O)NC(=O)Nc1ccc2c(c1)OCCO2)N1CCN(C(=O)N2CCOCC2)CC1. The molecule has 0 spiro atoms. The summed E-state index contributed by atoms with van der Waals surface area (Å²) in [5.41, 5.74) is 0.502. The number of nitrogens with one attached hydrogen (secondary N) is 2. The first-order chi connectivity index (χ1) is 15.5. The average Bonchev–Trinajstić information content (AvgIpc) is 2.83. The number of piperazine rings is 1. The Kier molecular flexibility index (Phi) is 6.96. The molecule has 3 aliphatic heterocycles. The van der Waals surface area contributed by atoms with Crippen molar-refractivity contribution in [2.75, 3.05) is 71.0 Å². The molecule has 5 amide bonds. The molecule has 32 heavy (non-hydrogen) atoms. The lowest BCUT2D eigenvalue weighted by Gasteiger charge is -2.40. The van der Waals surface area contributed by atoms with Crippen molar-refractivity contribution in [3.8, 4) is 11.5 Å². The molecule has 11 nitrogen and oxygen atoms in total. The maximum absolute atomic E-state index is 12.6. The fourth-order valence-electron chi connectivity index (χ4n) is 3.92. The zero-order chi connectivity index (χ0) is 22.5. The minimum absolute atomic E-state index is 0.0175. The largest absolute Gasteiger partial charge is 0.486 e. The number of fused-ring (bicyclic) bond motifs is 1. The smallest absolute Gasteiger partial charge is 0.325 e. The molecule has 0 aromatic heterocycles. The van der Waals surface area contributed by atoms with Gasteiger partial charge < -0.3 is 29.3 Å². The highest BCUT2D eigenvalue weighted by atomic mass is 16.6. The number of morpholine rings is 1. The molecule has 2 N–H and O–H groups in total. The van der Waals surface area contributed by atoms with E-state index in [-0.39, 0.29) is 6.03 Å². The van der Waals surface area contributed by atoms with Crippen molar-refractivity contribution < 1.29 is 28.6 Å². The van der Waals surface area contributed by atoms with Crippen molar-refractivity contribution in [3.05, 3.63) is 18.2 Å². The van der Waals surface area contributed by atoms with Gasteiger partial charge in [0.15, 0.2) is 11.5 Å². The molecule has 0 bridgehead atoms. The van der Waals surface area contributed by atoms with E-state index in [2.05, 4.69) is 10.6 Å². The minimum atomic E-state index is -0.611. The molecule has 4 rings (SSSR count). The predicted molar refractivity (Wildman–Crippen MR) is 115 cm³/mol. The second kappa shape index (κ2) is 10.0. The van der Waals surface area contributed by atoms with Crippen molar-refractivity contribution in [1.82, 2.24) is 20.0 Å². The molecule has 0 radical (unpaired) electrons. The summed E-state index contributed by atoms with van der Waals surface area (Å²) in [7, 11) is 0. The fourth-order valence-corrected chi connectivity index (χ4v) is 3.92. The van der Waals surface area contributed by atoms with Gasteiger partial charge in [-0.05, 0) is 19.1 Å². The highest BCUT2D eigenvalue weighted by Gasteiger charge is 2.30. The lowest BCUT2D eigenvalue weighted by molar-refractivity contribution is -0.125. The number of carbonyl (C=O) groups is 3. The number of nitrogens with zero attached hydrogens (tertiary/aromatic N) is 3. The number of rotatable bonds is 3. The number of anilines is 1. The summed E-state index contributed by atoms with van der Waals surface area (Å²) in [6.45, 7) is 7.25. The lowest BCUT2D eigenvalue weighted by atomic mass is 10.2. The molecule has 11 heteroatoms. The number of hydrogen-bond donors (Lipinski definition) is 2. The standard InChI is InChI=1S/C21H29N5O6/c1-15(24-4-6-25(7-5-24)21(29)26-8-10-30-11-9-26)19(27)23-20(28)22-16-2-3-17-18(14-16)32-13-12-31-17/h2-3,14-15H,4-13H2,1H3,(H2,22,23,27,28)/t15-/m0/s1. The first-order valence-corrected chi connectivity index (χ1v) is 10.9. The van der Waals surface area contributed by atoms with E-state index in [1.807, 2.05) is 4.90 Å². The van der Waals surface area contributed by atoms with Crippen molar-refractivity contribution in [3.63, 3.8) is 0 Å². The first kappa shape index (κ1) is 22.2. The number of amides is 5. The fraction of sp³-hybridized carbons (Fsp3) is 0.571. The van der Waals surface area contributed by atoms with E-state index in [0.29, 0.717) is 82.9 Å². The number of imide groups is 1. The van der Waals surface area contributed by atoms with E-state index in [1.54, 1.807) is 34.9 Å². The van der Waals surface area contributed by atoms with Crippen LogP contribution < -0.4 is 20.1 Å². The average molecular weight is 447 g/mol. The van der Waals surface area contributed by atoms with Gasteiger partial charge >= 0.3 is 12.1 Å². The van der Waals surface area contributed by atoms with Crippen LogP contribution in [0, 0.1) is 0 Å². The third-order valence-electron chi connectivity index (χ3n) is 5.83. The van der Waals surface area contributed by atoms with E-state index in [4.69, 9.17) is 14.2 Å². The summed E-state index contributed by atoms with van der Waals surface area (Å²) in [6, 6.07) is 3.97. The van der Waals surface area contributed by atoms with Gasteiger partial charge in [-0.1, -0.05) is 0 Å². The van der Waals surface area contributed by atoms with Crippen LogP contribution in [0.4, 0.5) is 15.3 Å². The van der Waals surface area contributed by atoms with Gasteiger partial charge in [-0.2, -0.15) is 0 Å². The van der Waals surface area contributed by atoms with Crippen LogP contribution in [0.25, 0.3) is 0 Å². The van der Waals surface area contributed by atoms with Crippen LogP contribution in [0.5, 0.6) is 11.5 Å². The van der Waals surface area contributed by atoms with Crippen LogP contribution in [0.2, 0.25) is 0 Å². The highest BCUT2D eigenvalue weighted by Crippen LogP contribution is 2.32. The van der Waals surface area contributed by atoms with Gasteiger partial charge in [-0.25, -0.2) is 9.59 Å². The summed E-state index contributed by atoms with van der Waals surface area (Å²) >= 11 is 0. The summed E-state index contributed by atoms with van der Waals surface area (Å²) < 4.78 is 16.3. The van der Waals surface area contributed by atoms with Crippen LogP contribution in [0.15, 0.2) is 18.2 Å². The van der Waals surface area contributed by atoms with E-state index in [1.165, 1.54) is 0 Å². The Labute approximate surface area is 186 Å². The molecule has 1 atom stereocenters. The third kappa shape index (κ3) is 5.22. The maximum Gasteiger partial charge on any atom is 0.325 e. The monoisotopic (exact) mass is 447 g/mol. The highest BCUT2D eigenvalue weighted by molar-refractivity contribution is 6.02. The Balaban J connectivity index is 1.23. The Morgan fingerprint density at radius 2 is 1.53 bits per heavy atom. The zero-order valence-electron chi connectivity index (χ0n) is 18.2.